The summed E-state index contributed by atoms with van der Waals surface area (Å²) in [6.07, 6.45) is 0. The number of aryl methyl sites for hydroxylation is 2. The maximum atomic E-state index is 5.71. The van der Waals surface area contributed by atoms with Crippen molar-refractivity contribution < 1.29 is 4.74 Å². The molecule has 1 rings (SSSR count). The van der Waals surface area contributed by atoms with Gasteiger partial charge in [-0.25, -0.2) is 0 Å². The Morgan fingerprint density at radius 2 is 2.12 bits per heavy atom. The van der Waals surface area contributed by atoms with Gasteiger partial charge in [0, 0.05) is 11.8 Å². The zero-order valence-corrected chi connectivity index (χ0v) is 11.0. The Kier molecular flexibility index (Phi) is 4.24. The minimum Gasteiger partial charge on any atom is -0.492 e. The van der Waals surface area contributed by atoms with E-state index >= 15 is 0 Å². The van der Waals surface area contributed by atoms with Crippen molar-refractivity contribution in [2.45, 2.75) is 27.7 Å². The van der Waals surface area contributed by atoms with E-state index in [1.54, 1.807) is 0 Å². The molecular weight excluding hydrogens is 220 g/mol. The molecule has 0 amide bonds. The van der Waals surface area contributed by atoms with Crippen LogP contribution in [0, 0.1) is 19.8 Å². The van der Waals surface area contributed by atoms with Gasteiger partial charge in [0.2, 0.25) is 0 Å². The quantitative estimate of drug-likeness (QED) is 0.818. The average molecular weight is 238 g/mol. The molecule has 4 heteroatoms. The molecule has 0 atom stereocenters. The minimum atomic E-state index is 0.337. The van der Waals surface area contributed by atoms with E-state index in [1.807, 2.05) is 19.9 Å². The standard InChI is InChI=1S/C12H18N2OS/c1-7(2)6-15-10-5-8(3)14-9(4)11(10)12(13)16/h5,7H,6H2,1-4H3,(H2,13,16). The third-order valence-electron chi connectivity index (χ3n) is 2.11. The predicted octanol–water partition coefficient (Wildman–Crippen LogP) is 2.37. The van der Waals surface area contributed by atoms with Gasteiger partial charge in [-0.05, 0) is 19.8 Å². The highest BCUT2D eigenvalue weighted by Gasteiger charge is 2.12. The molecule has 0 bridgehead atoms. The Morgan fingerprint density at radius 1 is 1.50 bits per heavy atom. The first-order valence-electron chi connectivity index (χ1n) is 5.32. The summed E-state index contributed by atoms with van der Waals surface area (Å²) in [5.41, 5.74) is 8.17. The van der Waals surface area contributed by atoms with E-state index in [0.29, 0.717) is 17.5 Å². The zero-order valence-electron chi connectivity index (χ0n) is 10.2. The fraction of sp³-hybridized carbons (Fsp3) is 0.500. The molecule has 0 unspecified atom stereocenters. The van der Waals surface area contributed by atoms with Crippen molar-refractivity contribution in [2.75, 3.05) is 6.61 Å². The van der Waals surface area contributed by atoms with Gasteiger partial charge in [0.25, 0.3) is 0 Å². The molecule has 0 aromatic carbocycles. The average Bonchev–Trinajstić information content (AvgIpc) is 2.12. The van der Waals surface area contributed by atoms with E-state index in [4.69, 9.17) is 22.7 Å². The van der Waals surface area contributed by atoms with Gasteiger partial charge in [0.1, 0.15) is 10.7 Å². The van der Waals surface area contributed by atoms with E-state index in [0.717, 1.165) is 22.7 Å². The molecule has 1 heterocycles. The summed E-state index contributed by atoms with van der Waals surface area (Å²) in [5, 5.41) is 0. The summed E-state index contributed by atoms with van der Waals surface area (Å²) in [5.74, 6) is 1.21. The number of rotatable bonds is 4. The van der Waals surface area contributed by atoms with Gasteiger partial charge in [-0.2, -0.15) is 0 Å². The first-order chi connectivity index (χ1) is 7.41. The Balaban J connectivity index is 3.09. The molecular formula is C12H18N2OS. The van der Waals surface area contributed by atoms with Crippen molar-refractivity contribution in [3.63, 3.8) is 0 Å². The fourth-order valence-electron chi connectivity index (χ4n) is 1.46. The largest absolute Gasteiger partial charge is 0.492 e. The maximum Gasteiger partial charge on any atom is 0.133 e. The van der Waals surface area contributed by atoms with Crippen LogP contribution < -0.4 is 10.5 Å². The summed E-state index contributed by atoms with van der Waals surface area (Å²) < 4.78 is 5.71. The molecule has 0 aliphatic rings. The van der Waals surface area contributed by atoms with Crippen LogP contribution in [-0.4, -0.2) is 16.6 Å². The third-order valence-corrected chi connectivity index (χ3v) is 2.31. The molecule has 0 aliphatic carbocycles. The molecule has 16 heavy (non-hydrogen) atoms. The minimum absolute atomic E-state index is 0.337. The van der Waals surface area contributed by atoms with E-state index in [2.05, 4.69) is 18.8 Å². The topological polar surface area (TPSA) is 48.1 Å². The molecule has 1 aromatic heterocycles. The van der Waals surface area contributed by atoms with Crippen molar-refractivity contribution in [1.82, 2.24) is 4.98 Å². The number of pyridine rings is 1. The van der Waals surface area contributed by atoms with Crippen LogP contribution in [0.2, 0.25) is 0 Å². The van der Waals surface area contributed by atoms with Crippen LogP contribution >= 0.6 is 12.2 Å². The molecule has 0 fully saturated rings. The second-order valence-corrected chi connectivity index (χ2v) is 4.73. The van der Waals surface area contributed by atoms with Gasteiger partial charge in [-0.1, -0.05) is 26.1 Å². The van der Waals surface area contributed by atoms with E-state index in [-0.39, 0.29) is 0 Å². The van der Waals surface area contributed by atoms with Crippen molar-refractivity contribution >= 4 is 17.2 Å². The molecule has 2 N–H and O–H groups in total. The van der Waals surface area contributed by atoms with Crippen LogP contribution in [0.4, 0.5) is 0 Å². The van der Waals surface area contributed by atoms with E-state index in [9.17, 15) is 0 Å². The monoisotopic (exact) mass is 238 g/mol. The van der Waals surface area contributed by atoms with Crippen LogP contribution in [0.5, 0.6) is 5.75 Å². The second kappa shape index (κ2) is 5.25. The highest BCUT2D eigenvalue weighted by Crippen LogP contribution is 2.22. The lowest BCUT2D eigenvalue weighted by atomic mass is 10.1. The van der Waals surface area contributed by atoms with Crippen LogP contribution in [0.3, 0.4) is 0 Å². The zero-order chi connectivity index (χ0) is 12.3. The SMILES string of the molecule is Cc1cc(OCC(C)C)c(C(N)=S)c(C)n1. The van der Waals surface area contributed by atoms with Crippen molar-refractivity contribution in [1.29, 1.82) is 0 Å². The summed E-state index contributed by atoms with van der Waals surface area (Å²) in [6.45, 7) is 8.67. The molecule has 0 radical (unpaired) electrons. The van der Waals surface area contributed by atoms with Crippen LogP contribution in [0.25, 0.3) is 0 Å². The van der Waals surface area contributed by atoms with Gasteiger partial charge >= 0.3 is 0 Å². The molecule has 0 saturated carbocycles. The van der Waals surface area contributed by atoms with E-state index in [1.165, 1.54) is 0 Å². The summed E-state index contributed by atoms with van der Waals surface area (Å²) in [4.78, 5) is 4.67. The third kappa shape index (κ3) is 3.17. The highest BCUT2D eigenvalue weighted by atomic mass is 32.1. The van der Waals surface area contributed by atoms with Crippen LogP contribution in [0.15, 0.2) is 6.07 Å². The number of hydrogen-bond donors (Lipinski definition) is 1. The number of ether oxygens (including phenoxy) is 1. The number of aromatic nitrogens is 1. The normalized spacial score (nSPS) is 10.6. The Bertz CT molecular complexity index is 402. The molecule has 88 valence electrons. The first kappa shape index (κ1) is 12.9. The Morgan fingerprint density at radius 3 is 2.62 bits per heavy atom. The predicted molar refractivity (Wildman–Crippen MR) is 69.9 cm³/mol. The summed E-state index contributed by atoms with van der Waals surface area (Å²) in [7, 11) is 0. The number of thiocarbonyl (C=S) groups is 1. The van der Waals surface area contributed by atoms with Crippen molar-refractivity contribution in [3.8, 4) is 5.75 Å². The molecule has 0 aliphatic heterocycles. The lowest BCUT2D eigenvalue weighted by Crippen LogP contribution is -2.16. The summed E-state index contributed by atoms with van der Waals surface area (Å²) in [6, 6.07) is 1.88. The van der Waals surface area contributed by atoms with Crippen molar-refractivity contribution in [3.05, 3.63) is 23.0 Å². The number of hydrogen-bond acceptors (Lipinski definition) is 3. The first-order valence-corrected chi connectivity index (χ1v) is 5.73. The molecule has 0 spiro atoms. The summed E-state index contributed by atoms with van der Waals surface area (Å²) >= 11 is 5.02. The van der Waals surface area contributed by atoms with Crippen LogP contribution in [0.1, 0.15) is 30.8 Å². The van der Waals surface area contributed by atoms with Crippen molar-refractivity contribution in [2.24, 2.45) is 11.7 Å². The maximum absolute atomic E-state index is 5.71. The van der Waals surface area contributed by atoms with Gasteiger partial charge in [-0.15, -0.1) is 0 Å². The fourth-order valence-corrected chi connectivity index (χ4v) is 1.71. The van der Waals surface area contributed by atoms with Gasteiger partial charge in [-0.3, -0.25) is 4.98 Å². The van der Waals surface area contributed by atoms with Gasteiger partial charge < -0.3 is 10.5 Å². The molecule has 3 nitrogen and oxygen atoms in total. The van der Waals surface area contributed by atoms with Gasteiger partial charge in [0.05, 0.1) is 17.9 Å². The lowest BCUT2D eigenvalue weighted by molar-refractivity contribution is 0.270. The van der Waals surface area contributed by atoms with Gasteiger partial charge in [0.15, 0.2) is 0 Å². The second-order valence-electron chi connectivity index (χ2n) is 4.29. The smallest absolute Gasteiger partial charge is 0.133 e. The molecule has 1 aromatic rings. The van der Waals surface area contributed by atoms with E-state index < -0.39 is 0 Å². The Hall–Kier alpha value is -1.16. The highest BCUT2D eigenvalue weighted by molar-refractivity contribution is 7.80. The van der Waals surface area contributed by atoms with Crippen LogP contribution in [-0.2, 0) is 0 Å². The number of nitrogens with two attached hydrogens (primary N) is 1. The lowest BCUT2D eigenvalue weighted by Gasteiger charge is -2.14. The Labute approximate surface area is 102 Å². The molecule has 0 saturated heterocycles. The number of nitrogens with zero attached hydrogens (tertiary/aromatic N) is 1.